The van der Waals surface area contributed by atoms with Crippen LogP contribution < -0.4 is 0 Å². The molecular weight excluding hydrogens is 316 g/mol. The van der Waals surface area contributed by atoms with Crippen LogP contribution in [-0.2, 0) is 13.5 Å². The fraction of sp³-hybridized carbons (Fsp3) is 0.316. The molecule has 6 nitrogen and oxygen atoms in total. The molecule has 2 aromatic heterocycles. The number of benzene rings is 1. The molecule has 0 spiro atoms. The highest BCUT2D eigenvalue weighted by Crippen LogP contribution is 2.31. The Labute approximate surface area is 146 Å². The number of aryl methyl sites for hydroxylation is 2. The molecule has 0 saturated heterocycles. The third-order valence-electron chi connectivity index (χ3n) is 4.80. The summed E-state index contributed by atoms with van der Waals surface area (Å²) in [6, 6.07) is 8.30. The summed E-state index contributed by atoms with van der Waals surface area (Å²) in [6.45, 7) is 4.54. The van der Waals surface area contributed by atoms with E-state index in [1.807, 2.05) is 30.3 Å². The lowest BCUT2D eigenvalue weighted by Crippen LogP contribution is -2.38. The number of fused-ring (bicyclic) bond motifs is 1. The number of oxazole rings is 1. The van der Waals surface area contributed by atoms with E-state index in [1.165, 1.54) is 11.1 Å². The van der Waals surface area contributed by atoms with Crippen molar-refractivity contribution in [1.29, 1.82) is 0 Å². The van der Waals surface area contributed by atoms with Crippen molar-refractivity contribution in [1.82, 2.24) is 19.7 Å². The predicted molar refractivity (Wildman–Crippen MR) is 93.0 cm³/mol. The third kappa shape index (κ3) is 2.63. The van der Waals surface area contributed by atoms with Crippen LogP contribution in [0.15, 0.2) is 41.1 Å². The molecule has 1 aromatic carbocycles. The Kier molecular flexibility index (Phi) is 3.67. The van der Waals surface area contributed by atoms with Crippen LogP contribution in [0, 0.1) is 6.92 Å². The molecule has 0 saturated carbocycles. The van der Waals surface area contributed by atoms with Crippen LogP contribution in [0.3, 0.4) is 0 Å². The summed E-state index contributed by atoms with van der Waals surface area (Å²) in [7, 11) is 1.83. The Morgan fingerprint density at radius 3 is 2.88 bits per heavy atom. The number of hydrogen-bond donors (Lipinski definition) is 0. The maximum atomic E-state index is 13.1. The van der Waals surface area contributed by atoms with Crippen LogP contribution in [0.5, 0.6) is 0 Å². The van der Waals surface area contributed by atoms with Gasteiger partial charge in [-0.25, -0.2) is 4.98 Å². The van der Waals surface area contributed by atoms with E-state index in [-0.39, 0.29) is 11.9 Å². The van der Waals surface area contributed by atoms with Gasteiger partial charge in [0.2, 0.25) is 11.7 Å². The molecule has 3 heterocycles. The monoisotopic (exact) mass is 336 g/mol. The number of amides is 1. The van der Waals surface area contributed by atoms with Gasteiger partial charge in [-0.1, -0.05) is 24.3 Å². The molecule has 6 heteroatoms. The Hall–Kier alpha value is -2.89. The SMILES string of the molecule is Cc1nc(-c2cnn(C)c2)oc1C(=O)N1CCc2ccccc2C1C. The quantitative estimate of drug-likeness (QED) is 0.721. The first-order valence-corrected chi connectivity index (χ1v) is 8.40. The van der Waals surface area contributed by atoms with Gasteiger partial charge in [0.05, 0.1) is 23.5 Å². The van der Waals surface area contributed by atoms with Crippen molar-refractivity contribution >= 4 is 5.91 Å². The van der Waals surface area contributed by atoms with Crippen LogP contribution in [0.25, 0.3) is 11.5 Å². The average molecular weight is 336 g/mol. The number of rotatable bonds is 2. The second-order valence-electron chi connectivity index (χ2n) is 6.46. The van der Waals surface area contributed by atoms with Crippen LogP contribution in [0.4, 0.5) is 0 Å². The van der Waals surface area contributed by atoms with E-state index >= 15 is 0 Å². The molecule has 1 atom stereocenters. The van der Waals surface area contributed by atoms with Gasteiger partial charge in [-0.3, -0.25) is 9.48 Å². The molecule has 4 rings (SSSR count). The van der Waals surface area contributed by atoms with Crippen molar-refractivity contribution in [3.05, 3.63) is 59.2 Å². The normalized spacial score (nSPS) is 16.8. The first-order valence-electron chi connectivity index (χ1n) is 8.40. The fourth-order valence-corrected chi connectivity index (χ4v) is 3.43. The van der Waals surface area contributed by atoms with E-state index in [0.717, 1.165) is 12.0 Å². The highest BCUT2D eigenvalue weighted by atomic mass is 16.4. The summed E-state index contributed by atoms with van der Waals surface area (Å²) in [4.78, 5) is 19.3. The Bertz CT molecular complexity index is 941. The van der Waals surface area contributed by atoms with Gasteiger partial charge in [0.1, 0.15) is 0 Å². The zero-order valence-electron chi connectivity index (χ0n) is 14.6. The summed E-state index contributed by atoms with van der Waals surface area (Å²) < 4.78 is 7.49. The standard InChI is InChI=1S/C19H20N4O2/c1-12-17(25-18(21-12)15-10-20-22(3)11-15)19(24)23-9-8-14-6-4-5-7-16(14)13(23)2/h4-7,10-11,13H,8-9H2,1-3H3. The molecule has 0 aliphatic carbocycles. The van der Waals surface area contributed by atoms with Gasteiger partial charge >= 0.3 is 0 Å². The molecular formula is C19H20N4O2. The molecule has 1 amide bonds. The van der Waals surface area contributed by atoms with Crippen LogP contribution >= 0.6 is 0 Å². The molecule has 1 unspecified atom stereocenters. The molecule has 0 N–H and O–H groups in total. The van der Waals surface area contributed by atoms with Gasteiger partial charge in [-0.15, -0.1) is 0 Å². The van der Waals surface area contributed by atoms with Gasteiger partial charge in [-0.2, -0.15) is 5.10 Å². The maximum Gasteiger partial charge on any atom is 0.292 e. The highest BCUT2D eigenvalue weighted by Gasteiger charge is 2.31. The maximum absolute atomic E-state index is 13.1. The highest BCUT2D eigenvalue weighted by molar-refractivity contribution is 5.93. The predicted octanol–water partition coefficient (Wildman–Crippen LogP) is 3.14. The smallest absolute Gasteiger partial charge is 0.292 e. The summed E-state index contributed by atoms with van der Waals surface area (Å²) in [5, 5.41) is 4.13. The lowest BCUT2D eigenvalue weighted by Gasteiger charge is -2.34. The molecule has 0 fully saturated rings. The lowest BCUT2D eigenvalue weighted by atomic mass is 9.93. The van der Waals surface area contributed by atoms with Crippen LogP contribution in [0.1, 0.15) is 40.3 Å². The summed E-state index contributed by atoms with van der Waals surface area (Å²) in [5.74, 6) is 0.631. The summed E-state index contributed by atoms with van der Waals surface area (Å²) >= 11 is 0. The zero-order chi connectivity index (χ0) is 17.6. The largest absolute Gasteiger partial charge is 0.431 e. The van der Waals surface area contributed by atoms with Gasteiger partial charge in [-0.05, 0) is 31.4 Å². The number of carbonyl (C=O) groups excluding carboxylic acids is 1. The van der Waals surface area contributed by atoms with E-state index in [1.54, 1.807) is 17.8 Å². The minimum Gasteiger partial charge on any atom is -0.431 e. The van der Waals surface area contributed by atoms with Crippen molar-refractivity contribution < 1.29 is 9.21 Å². The van der Waals surface area contributed by atoms with Crippen molar-refractivity contribution in [3.8, 4) is 11.5 Å². The Morgan fingerprint density at radius 1 is 1.32 bits per heavy atom. The van der Waals surface area contributed by atoms with E-state index < -0.39 is 0 Å². The van der Waals surface area contributed by atoms with E-state index in [4.69, 9.17) is 4.42 Å². The van der Waals surface area contributed by atoms with Crippen molar-refractivity contribution in [2.75, 3.05) is 6.54 Å². The third-order valence-corrected chi connectivity index (χ3v) is 4.80. The second kappa shape index (κ2) is 5.88. The molecule has 25 heavy (non-hydrogen) atoms. The second-order valence-corrected chi connectivity index (χ2v) is 6.46. The Morgan fingerprint density at radius 2 is 2.12 bits per heavy atom. The number of aromatic nitrogens is 3. The van der Waals surface area contributed by atoms with Crippen molar-refractivity contribution in [2.24, 2.45) is 7.05 Å². The first kappa shape index (κ1) is 15.6. The Balaban J connectivity index is 1.65. The fourth-order valence-electron chi connectivity index (χ4n) is 3.43. The first-order chi connectivity index (χ1) is 12.0. The van der Waals surface area contributed by atoms with Gasteiger partial charge in [0.25, 0.3) is 5.91 Å². The summed E-state index contributed by atoms with van der Waals surface area (Å²) in [6.07, 6.45) is 4.35. The van der Waals surface area contributed by atoms with Gasteiger partial charge in [0.15, 0.2) is 0 Å². The van der Waals surface area contributed by atoms with Gasteiger partial charge < -0.3 is 9.32 Å². The van der Waals surface area contributed by atoms with Crippen LogP contribution in [0.2, 0.25) is 0 Å². The molecule has 1 aliphatic rings. The molecule has 128 valence electrons. The molecule has 0 radical (unpaired) electrons. The lowest BCUT2D eigenvalue weighted by molar-refractivity contribution is 0.0645. The van der Waals surface area contributed by atoms with Gasteiger partial charge in [0, 0.05) is 19.8 Å². The molecule has 1 aliphatic heterocycles. The van der Waals surface area contributed by atoms with Crippen molar-refractivity contribution in [3.63, 3.8) is 0 Å². The minimum absolute atomic E-state index is 0.0174. The number of carbonyl (C=O) groups is 1. The molecule has 3 aromatic rings. The number of hydrogen-bond acceptors (Lipinski definition) is 4. The van der Waals surface area contributed by atoms with E-state index in [2.05, 4.69) is 29.1 Å². The topological polar surface area (TPSA) is 64.2 Å². The van der Waals surface area contributed by atoms with E-state index in [0.29, 0.717) is 23.9 Å². The average Bonchev–Trinajstić information content (AvgIpc) is 3.21. The summed E-state index contributed by atoms with van der Waals surface area (Å²) in [5.41, 5.74) is 3.88. The minimum atomic E-state index is -0.109. The zero-order valence-corrected chi connectivity index (χ0v) is 14.6. The number of nitrogens with zero attached hydrogens (tertiary/aromatic N) is 4. The molecule has 0 bridgehead atoms. The van der Waals surface area contributed by atoms with Crippen LogP contribution in [-0.4, -0.2) is 32.1 Å². The van der Waals surface area contributed by atoms with Crippen molar-refractivity contribution in [2.45, 2.75) is 26.3 Å². The van der Waals surface area contributed by atoms with E-state index in [9.17, 15) is 4.79 Å².